The minimum absolute atomic E-state index is 0.226. The number of hydrogen-bond donors (Lipinski definition) is 3. The molecule has 8 nitrogen and oxygen atoms in total. The number of carbonyl (C=O) groups excluding carboxylic acids is 1. The van der Waals surface area contributed by atoms with Gasteiger partial charge in [-0.25, -0.2) is 5.84 Å². The quantitative estimate of drug-likeness (QED) is 0.477. The molecule has 2 heterocycles. The Morgan fingerprint density at radius 2 is 2.42 bits per heavy atom. The number of nitrogens with two attached hydrogens (primary N) is 1. The van der Waals surface area contributed by atoms with Crippen LogP contribution in [0, 0.1) is 0 Å². The SMILES string of the molecule is COC1(CNC(=O)c2ccc(NN)nn2)CCOC1. The molecular weight excluding hydrogens is 250 g/mol. The number of nitrogens with zero attached hydrogens (tertiary/aromatic N) is 2. The maximum atomic E-state index is 11.9. The average molecular weight is 267 g/mol. The molecule has 1 aliphatic rings. The van der Waals surface area contributed by atoms with Crippen molar-refractivity contribution in [3.63, 3.8) is 0 Å². The molecule has 4 N–H and O–H groups in total. The molecule has 1 amide bonds. The number of nitrogens with one attached hydrogen (secondary N) is 2. The van der Waals surface area contributed by atoms with E-state index in [1.807, 2.05) is 0 Å². The van der Waals surface area contributed by atoms with E-state index in [1.54, 1.807) is 19.2 Å². The van der Waals surface area contributed by atoms with Gasteiger partial charge < -0.3 is 20.2 Å². The fourth-order valence-electron chi connectivity index (χ4n) is 1.82. The number of amides is 1. The third-order valence-electron chi connectivity index (χ3n) is 3.12. The van der Waals surface area contributed by atoms with Gasteiger partial charge >= 0.3 is 0 Å². The van der Waals surface area contributed by atoms with Gasteiger partial charge in [0.2, 0.25) is 0 Å². The summed E-state index contributed by atoms with van der Waals surface area (Å²) in [7, 11) is 1.61. The zero-order chi connectivity index (χ0) is 13.7. The summed E-state index contributed by atoms with van der Waals surface area (Å²) in [6, 6.07) is 3.12. The lowest BCUT2D eigenvalue weighted by atomic mass is 10.0. The van der Waals surface area contributed by atoms with Crippen LogP contribution in [0.3, 0.4) is 0 Å². The van der Waals surface area contributed by atoms with E-state index in [1.165, 1.54) is 0 Å². The number of ether oxygens (including phenoxy) is 2. The van der Waals surface area contributed by atoms with Crippen LogP contribution in [-0.4, -0.2) is 48.6 Å². The smallest absolute Gasteiger partial charge is 0.271 e. The maximum absolute atomic E-state index is 11.9. The molecule has 0 radical (unpaired) electrons. The minimum Gasteiger partial charge on any atom is -0.378 e. The molecule has 0 spiro atoms. The molecule has 1 aliphatic heterocycles. The molecule has 0 aliphatic carbocycles. The van der Waals surface area contributed by atoms with Gasteiger partial charge in [-0.05, 0) is 12.1 Å². The van der Waals surface area contributed by atoms with E-state index in [4.69, 9.17) is 15.3 Å². The number of methoxy groups -OCH3 is 1. The van der Waals surface area contributed by atoms with E-state index in [-0.39, 0.29) is 11.6 Å². The molecule has 2 rings (SSSR count). The van der Waals surface area contributed by atoms with Crippen molar-refractivity contribution in [1.82, 2.24) is 15.5 Å². The number of rotatable bonds is 5. The van der Waals surface area contributed by atoms with E-state index in [0.29, 0.717) is 25.6 Å². The number of hydrazine groups is 1. The molecule has 19 heavy (non-hydrogen) atoms. The number of nitrogen functional groups attached to an aromatic ring is 1. The average Bonchev–Trinajstić information content (AvgIpc) is 2.94. The lowest BCUT2D eigenvalue weighted by Gasteiger charge is -2.25. The largest absolute Gasteiger partial charge is 0.378 e. The molecule has 1 aromatic heterocycles. The van der Waals surface area contributed by atoms with Gasteiger partial charge in [-0.15, -0.1) is 10.2 Å². The Kier molecular flexibility index (Phi) is 4.25. The Hall–Kier alpha value is -1.77. The summed E-state index contributed by atoms with van der Waals surface area (Å²) in [4.78, 5) is 11.9. The summed E-state index contributed by atoms with van der Waals surface area (Å²) in [6.07, 6.45) is 0.755. The van der Waals surface area contributed by atoms with Crippen LogP contribution in [0.1, 0.15) is 16.9 Å². The molecule has 0 aromatic carbocycles. The van der Waals surface area contributed by atoms with Gasteiger partial charge in [-0.1, -0.05) is 0 Å². The highest BCUT2D eigenvalue weighted by atomic mass is 16.5. The second-order valence-electron chi connectivity index (χ2n) is 4.32. The minimum atomic E-state index is -0.443. The van der Waals surface area contributed by atoms with Crippen molar-refractivity contribution in [2.75, 3.05) is 32.3 Å². The molecule has 1 saturated heterocycles. The van der Waals surface area contributed by atoms with Crippen LogP contribution in [0.4, 0.5) is 5.82 Å². The summed E-state index contributed by atoms with van der Waals surface area (Å²) < 4.78 is 10.7. The van der Waals surface area contributed by atoms with E-state index < -0.39 is 5.60 Å². The second-order valence-corrected chi connectivity index (χ2v) is 4.32. The van der Waals surface area contributed by atoms with E-state index in [0.717, 1.165) is 6.42 Å². The van der Waals surface area contributed by atoms with Crippen molar-refractivity contribution in [3.8, 4) is 0 Å². The number of anilines is 1. The summed E-state index contributed by atoms with van der Waals surface area (Å²) in [5.74, 6) is 5.26. The summed E-state index contributed by atoms with van der Waals surface area (Å²) in [5.41, 5.74) is 2.13. The predicted octanol–water partition coefficient (Wildman–Crippen LogP) is -0.702. The third-order valence-corrected chi connectivity index (χ3v) is 3.12. The number of aromatic nitrogens is 2. The molecule has 1 fully saturated rings. The molecular formula is C11H17N5O3. The van der Waals surface area contributed by atoms with Gasteiger partial charge in [0, 0.05) is 26.7 Å². The van der Waals surface area contributed by atoms with Crippen molar-refractivity contribution in [1.29, 1.82) is 0 Å². The molecule has 0 bridgehead atoms. The Bertz CT molecular complexity index is 430. The first kappa shape index (κ1) is 13.7. The zero-order valence-corrected chi connectivity index (χ0v) is 10.7. The zero-order valence-electron chi connectivity index (χ0n) is 10.7. The van der Waals surface area contributed by atoms with Gasteiger partial charge in [0.1, 0.15) is 5.60 Å². The van der Waals surface area contributed by atoms with Crippen molar-refractivity contribution >= 4 is 11.7 Å². The molecule has 0 saturated carbocycles. The van der Waals surface area contributed by atoms with E-state index in [9.17, 15) is 4.79 Å². The molecule has 1 unspecified atom stereocenters. The molecule has 8 heteroatoms. The van der Waals surface area contributed by atoms with E-state index in [2.05, 4.69) is 20.9 Å². The topological polar surface area (TPSA) is 111 Å². The Balaban J connectivity index is 1.93. The Morgan fingerprint density at radius 3 is 2.95 bits per heavy atom. The lowest BCUT2D eigenvalue weighted by Crippen LogP contribution is -2.45. The summed E-state index contributed by atoms with van der Waals surface area (Å²) >= 11 is 0. The second kappa shape index (κ2) is 5.91. The highest BCUT2D eigenvalue weighted by molar-refractivity contribution is 5.92. The fourth-order valence-corrected chi connectivity index (χ4v) is 1.82. The number of hydrogen-bond acceptors (Lipinski definition) is 7. The highest BCUT2D eigenvalue weighted by Crippen LogP contribution is 2.21. The van der Waals surface area contributed by atoms with Crippen molar-refractivity contribution < 1.29 is 14.3 Å². The van der Waals surface area contributed by atoms with Crippen molar-refractivity contribution in [3.05, 3.63) is 17.8 Å². The lowest BCUT2D eigenvalue weighted by molar-refractivity contribution is -0.0149. The van der Waals surface area contributed by atoms with Gasteiger partial charge in [0.15, 0.2) is 11.5 Å². The monoisotopic (exact) mass is 267 g/mol. The first-order chi connectivity index (χ1) is 9.19. The van der Waals surface area contributed by atoms with Crippen LogP contribution in [-0.2, 0) is 9.47 Å². The molecule has 1 aromatic rings. The molecule has 104 valence electrons. The summed E-state index contributed by atoms with van der Waals surface area (Å²) in [5, 5.41) is 10.3. The van der Waals surface area contributed by atoms with Crippen LogP contribution >= 0.6 is 0 Å². The van der Waals surface area contributed by atoms with Gasteiger partial charge in [-0.2, -0.15) is 0 Å². The van der Waals surface area contributed by atoms with E-state index >= 15 is 0 Å². The van der Waals surface area contributed by atoms with Crippen LogP contribution in [0.15, 0.2) is 12.1 Å². The highest BCUT2D eigenvalue weighted by Gasteiger charge is 2.35. The Morgan fingerprint density at radius 1 is 1.58 bits per heavy atom. The fraction of sp³-hybridized carbons (Fsp3) is 0.545. The van der Waals surface area contributed by atoms with Crippen LogP contribution in [0.2, 0.25) is 0 Å². The summed E-state index contributed by atoms with van der Waals surface area (Å²) in [6.45, 7) is 1.49. The van der Waals surface area contributed by atoms with Crippen molar-refractivity contribution in [2.45, 2.75) is 12.0 Å². The maximum Gasteiger partial charge on any atom is 0.271 e. The Labute approximate surface area is 110 Å². The molecule has 1 atom stereocenters. The number of carbonyl (C=O) groups is 1. The van der Waals surface area contributed by atoms with Crippen LogP contribution < -0.4 is 16.6 Å². The van der Waals surface area contributed by atoms with Gasteiger partial charge in [-0.3, -0.25) is 4.79 Å². The van der Waals surface area contributed by atoms with Gasteiger partial charge in [0.25, 0.3) is 5.91 Å². The van der Waals surface area contributed by atoms with Crippen LogP contribution in [0.25, 0.3) is 0 Å². The van der Waals surface area contributed by atoms with Crippen molar-refractivity contribution in [2.24, 2.45) is 5.84 Å². The third kappa shape index (κ3) is 3.16. The van der Waals surface area contributed by atoms with Crippen LogP contribution in [0.5, 0.6) is 0 Å². The standard InChI is InChI=1S/C11H17N5O3/c1-18-11(4-5-19-7-11)6-13-10(17)8-2-3-9(14-12)16-15-8/h2-3H,4-7,12H2,1H3,(H,13,17)(H,14,16). The predicted molar refractivity (Wildman–Crippen MR) is 67.4 cm³/mol. The first-order valence-corrected chi connectivity index (χ1v) is 5.90. The first-order valence-electron chi connectivity index (χ1n) is 5.90. The normalized spacial score (nSPS) is 22.2. The van der Waals surface area contributed by atoms with Gasteiger partial charge in [0.05, 0.1) is 6.61 Å².